The Hall–Kier alpha value is -7.05. The summed E-state index contributed by atoms with van der Waals surface area (Å²) in [5.74, 6) is 0. The lowest BCUT2D eigenvalue weighted by Crippen LogP contribution is -2.33. The third-order valence-corrected chi connectivity index (χ3v) is 9.85. The van der Waals surface area contributed by atoms with E-state index < -0.39 is 26.8 Å². The van der Waals surface area contributed by atoms with Gasteiger partial charge in [-0.15, -0.1) is 0 Å². The second-order valence-corrected chi connectivity index (χ2v) is 14.0. The van der Waals surface area contributed by atoms with E-state index in [2.05, 4.69) is 31.2 Å². The Morgan fingerprint density at radius 3 is 1.34 bits per heavy atom. The van der Waals surface area contributed by atoms with Gasteiger partial charge in [0.25, 0.3) is 22.7 Å². The Morgan fingerprint density at radius 2 is 0.984 bits per heavy atom. The molecule has 330 valence electrons. The van der Waals surface area contributed by atoms with Crippen LogP contribution in [-0.2, 0) is 21.1 Å². The highest BCUT2D eigenvalue weighted by Crippen LogP contribution is 2.36. The fourth-order valence-electron chi connectivity index (χ4n) is 6.05. The summed E-state index contributed by atoms with van der Waals surface area (Å²) in [4.78, 5) is 39.9. The van der Waals surface area contributed by atoms with Crippen molar-refractivity contribution in [2.45, 2.75) is 55.4 Å². The number of nitrogen functional groups attached to an aromatic ring is 2. The van der Waals surface area contributed by atoms with Crippen LogP contribution in [-0.4, -0.2) is 66.2 Å². The topological polar surface area (TPSA) is 319 Å². The summed E-state index contributed by atoms with van der Waals surface area (Å²) in [5, 5.41) is 72.9. The predicted octanol–water partition coefficient (Wildman–Crippen LogP) is 6.40. The number of aromatic nitrogens is 6. The molecule has 0 radical (unpaired) electrons. The number of nitrogens with zero attached hydrogens (tertiary/aromatic N) is 10. The van der Waals surface area contributed by atoms with Gasteiger partial charge < -0.3 is 21.5 Å². The van der Waals surface area contributed by atoms with E-state index in [-0.39, 0.29) is 27.2 Å². The maximum Gasteiger partial charge on any atom is 0.492 e. The average Bonchev–Trinajstić information content (AvgIpc) is 3.72. The van der Waals surface area contributed by atoms with Gasteiger partial charge in [-0.2, -0.15) is 15.3 Å². The lowest BCUT2D eigenvalue weighted by Gasteiger charge is -2.07. The first-order valence-corrected chi connectivity index (χ1v) is 19.2. The maximum absolute atomic E-state index is 11.2. The molecule has 3 aromatic heterocycles. The van der Waals surface area contributed by atoms with Crippen LogP contribution in [0.4, 0.5) is 34.1 Å². The van der Waals surface area contributed by atoms with Crippen molar-refractivity contribution in [2.24, 2.45) is 21.1 Å². The number of nitro benzene ring substituents is 4. The molecule has 0 saturated carbocycles. The van der Waals surface area contributed by atoms with Gasteiger partial charge in [-0.25, -0.2) is 0 Å². The number of anilines is 2. The first-order valence-electron chi connectivity index (χ1n) is 18.4. The summed E-state index contributed by atoms with van der Waals surface area (Å²) in [6, 6.07) is 12.6. The molecule has 0 fully saturated rings. The van der Waals surface area contributed by atoms with E-state index in [0.29, 0.717) is 39.4 Å². The second kappa shape index (κ2) is 22.0. The molecule has 6 aromatic rings. The first-order chi connectivity index (χ1) is 28.9. The number of nitro groups is 4. The van der Waals surface area contributed by atoms with Gasteiger partial charge in [0.1, 0.15) is 0 Å². The van der Waals surface area contributed by atoms with Crippen molar-refractivity contribution in [2.75, 3.05) is 11.5 Å². The molecule has 24 heteroatoms. The lowest BCUT2D eigenvalue weighted by atomic mass is 9.78. The summed E-state index contributed by atoms with van der Waals surface area (Å²) in [5.41, 5.74) is 20.4. The summed E-state index contributed by atoms with van der Waals surface area (Å²) in [6.45, 7) is 15.1. The number of rotatable bonds is 7. The Bertz CT molecular complexity index is 2610. The smallest absolute Gasteiger partial charge is 0.423 e. The number of halogens is 1. The molecular weight excluding hydrogens is 875 g/mol. The van der Waals surface area contributed by atoms with Crippen molar-refractivity contribution in [1.29, 1.82) is 0 Å². The number of nitrogens with two attached hydrogens (primary N) is 2. The van der Waals surface area contributed by atoms with Crippen LogP contribution >= 0.6 is 15.9 Å². The highest BCUT2D eigenvalue weighted by molar-refractivity contribution is 9.10. The zero-order chi connectivity index (χ0) is 47.5. The fraction of sp³-hybridized carbons (Fsp3) is 0.289. The van der Waals surface area contributed by atoms with Gasteiger partial charge in [0.2, 0.25) is 0 Å². The van der Waals surface area contributed by atoms with E-state index in [1.54, 1.807) is 57.2 Å². The molecule has 3 heterocycles. The van der Waals surface area contributed by atoms with E-state index in [1.165, 1.54) is 24.3 Å². The van der Waals surface area contributed by atoms with E-state index in [1.807, 2.05) is 51.6 Å². The summed E-state index contributed by atoms with van der Waals surface area (Å²) in [6.07, 6.45) is 0. The van der Waals surface area contributed by atoms with Crippen LogP contribution in [0.15, 0.2) is 59.1 Å². The SMILES string of the molecule is CC.Cc1nn(C)c(C)c1-c1ccc(N)cc1N.Cc1nn(C)c(C)c1-c1ccc([N+](=O)[O-])cc1[N+](=O)[O-].Cc1nn(C)c(C)c1B(O)O.O=[N+]([O-])c1ccc(Br)c([N+](=O)[O-])c1. The third-order valence-electron chi connectivity index (χ3n) is 9.18. The van der Waals surface area contributed by atoms with Crippen LogP contribution in [0, 0.1) is 82.0 Å². The van der Waals surface area contributed by atoms with E-state index >= 15 is 0 Å². The minimum absolute atomic E-state index is 0.225. The lowest BCUT2D eigenvalue weighted by molar-refractivity contribution is -0.394. The Morgan fingerprint density at radius 1 is 0.581 bits per heavy atom. The van der Waals surface area contributed by atoms with E-state index in [9.17, 15) is 40.5 Å². The molecule has 22 nitrogen and oxygen atoms in total. The van der Waals surface area contributed by atoms with Crippen LogP contribution in [0.5, 0.6) is 0 Å². The molecule has 0 unspecified atom stereocenters. The summed E-state index contributed by atoms with van der Waals surface area (Å²) >= 11 is 2.92. The maximum atomic E-state index is 11.2. The molecule has 0 atom stereocenters. The molecule has 0 aliphatic carbocycles. The van der Waals surface area contributed by atoms with Gasteiger partial charge in [-0.3, -0.25) is 54.5 Å². The minimum atomic E-state index is -1.41. The molecule has 3 aromatic carbocycles. The number of hydrogen-bond acceptors (Lipinski definition) is 15. The summed E-state index contributed by atoms with van der Waals surface area (Å²) in [7, 11) is 4.03. The first kappa shape index (κ1) is 51.1. The number of benzene rings is 3. The van der Waals surface area contributed by atoms with Gasteiger partial charge in [-0.05, 0) is 81.7 Å². The van der Waals surface area contributed by atoms with Crippen molar-refractivity contribution in [3.05, 3.63) is 134 Å². The normalized spacial score (nSPS) is 10.1. The van der Waals surface area contributed by atoms with E-state index in [4.69, 9.17) is 21.5 Å². The molecule has 0 spiro atoms. The molecule has 0 amide bonds. The van der Waals surface area contributed by atoms with Gasteiger partial charge in [-0.1, -0.05) is 19.9 Å². The molecular formula is C38H48BBrN12O10. The van der Waals surface area contributed by atoms with E-state index in [0.717, 1.165) is 46.0 Å². The third kappa shape index (κ3) is 12.3. The highest BCUT2D eigenvalue weighted by Gasteiger charge is 2.25. The quantitative estimate of drug-likeness (QED) is 0.0583. The summed E-state index contributed by atoms with van der Waals surface area (Å²) < 4.78 is 5.34. The molecule has 0 bridgehead atoms. The molecule has 6 N–H and O–H groups in total. The second-order valence-electron chi connectivity index (χ2n) is 13.1. The van der Waals surface area contributed by atoms with Gasteiger partial charge in [0.05, 0.1) is 58.9 Å². The van der Waals surface area contributed by atoms with Crippen molar-refractivity contribution < 1.29 is 29.7 Å². The van der Waals surface area contributed by atoms with Crippen LogP contribution in [0.1, 0.15) is 48.0 Å². The molecule has 0 aliphatic rings. The number of hydrogen-bond donors (Lipinski definition) is 4. The van der Waals surface area contributed by atoms with Crippen LogP contribution < -0.4 is 16.9 Å². The molecule has 0 aliphatic heterocycles. The molecule has 62 heavy (non-hydrogen) atoms. The predicted molar refractivity (Wildman–Crippen MR) is 240 cm³/mol. The zero-order valence-corrected chi connectivity index (χ0v) is 37.5. The van der Waals surface area contributed by atoms with Gasteiger partial charge in [0, 0.05) is 83.9 Å². The van der Waals surface area contributed by atoms with Gasteiger partial charge >= 0.3 is 7.12 Å². The number of aryl methyl sites for hydroxylation is 6. The van der Waals surface area contributed by atoms with Crippen molar-refractivity contribution >= 4 is 62.6 Å². The van der Waals surface area contributed by atoms with Gasteiger partial charge in [0.15, 0.2) is 0 Å². The highest BCUT2D eigenvalue weighted by atomic mass is 79.9. The van der Waals surface area contributed by atoms with Crippen LogP contribution in [0.25, 0.3) is 22.3 Å². The average molecular weight is 924 g/mol. The zero-order valence-electron chi connectivity index (χ0n) is 35.9. The Labute approximate surface area is 364 Å². The Balaban J connectivity index is 0.000000287. The van der Waals surface area contributed by atoms with Crippen molar-refractivity contribution in [1.82, 2.24) is 29.3 Å². The minimum Gasteiger partial charge on any atom is -0.423 e. The monoisotopic (exact) mass is 922 g/mol. The van der Waals surface area contributed by atoms with Crippen LogP contribution in [0.2, 0.25) is 0 Å². The molecule has 0 saturated heterocycles. The standard InChI is InChI=1S/C12H12N4O4.C12H16N4.C6H11BN2O2.C6H3BrN2O4.C2H6/c1-7-12(8(2)14(3)13-7)10-5-4-9(15(17)18)6-11(10)16(19)20;1-7-12(8(2)16(3)15-7)10-5-4-9(13)6-11(10)14;1-4-6(7(10)11)5(2)9(3)8-4;7-5-2-1-4(8(10)11)3-6(5)9(12)13;1-2/h4-6H,1-3H3;4-6H,13-14H2,1-3H3;10-11H,1-3H3;1-3H;1-2H3. The number of non-ortho nitro benzene ring substituents is 2. The van der Waals surface area contributed by atoms with Crippen LogP contribution in [0.3, 0.4) is 0 Å². The molecule has 6 rings (SSSR count). The van der Waals surface area contributed by atoms with Crippen molar-refractivity contribution in [3.63, 3.8) is 0 Å². The van der Waals surface area contributed by atoms with Crippen molar-refractivity contribution in [3.8, 4) is 22.3 Å². The largest absolute Gasteiger partial charge is 0.492 e. The Kier molecular flexibility index (Phi) is 18.1. The fourth-order valence-corrected chi connectivity index (χ4v) is 6.44.